The number of guanidine groups is 1. The summed E-state index contributed by atoms with van der Waals surface area (Å²) >= 11 is 6.02. The Labute approximate surface area is 205 Å². The van der Waals surface area contributed by atoms with Crippen molar-refractivity contribution in [2.24, 2.45) is 10.9 Å². The number of halogens is 4. The minimum absolute atomic E-state index is 0. The summed E-state index contributed by atoms with van der Waals surface area (Å²) in [6.07, 6.45) is 3.24. The van der Waals surface area contributed by atoms with Crippen molar-refractivity contribution in [2.45, 2.75) is 45.4 Å². The molecule has 1 atom stereocenters. The minimum atomic E-state index is -2.89. The van der Waals surface area contributed by atoms with Crippen LogP contribution in [0.4, 0.5) is 8.78 Å². The smallest absolute Gasteiger partial charge is 0.387 e. The second-order valence-corrected chi connectivity index (χ2v) is 8.21. The molecule has 10 heteroatoms. The van der Waals surface area contributed by atoms with Crippen molar-refractivity contribution in [2.75, 3.05) is 39.4 Å². The fourth-order valence-corrected chi connectivity index (χ4v) is 4.11. The molecule has 0 aliphatic carbocycles. The number of rotatable bonds is 8. The largest absolute Gasteiger partial charge is 0.434 e. The van der Waals surface area contributed by atoms with Crippen molar-refractivity contribution >= 4 is 41.5 Å². The highest BCUT2D eigenvalue weighted by molar-refractivity contribution is 14.0. The van der Waals surface area contributed by atoms with Gasteiger partial charge in [0.1, 0.15) is 5.75 Å². The topological polar surface area (TPSA) is 58.1 Å². The number of nitrogens with zero attached hydrogens (tertiary/aromatic N) is 2. The van der Waals surface area contributed by atoms with Gasteiger partial charge in [-0.3, -0.25) is 0 Å². The molecule has 0 aromatic heterocycles. The van der Waals surface area contributed by atoms with E-state index >= 15 is 0 Å². The highest BCUT2D eigenvalue weighted by Gasteiger charge is 2.24. The number of ether oxygens (including phenoxy) is 2. The fraction of sp³-hybridized carbons (Fsp3) is 0.667. The van der Waals surface area contributed by atoms with E-state index < -0.39 is 6.61 Å². The molecule has 31 heavy (non-hydrogen) atoms. The molecule has 0 radical (unpaired) electrons. The highest BCUT2D eigenvalue weighted by atomic mass is 127. The first-order chi connectivity index (χ1) is 14.5. The molecule has 2 heterocycles. The quantitative estimate of drug-likeness (QED) is 0.279. The van der Waals surface area contributed by atoms with Crippen molar-refractivity contribution in [3.8, 4) is 5.75 Å². The lowest BCUT2D eigenvalue weighted by atomic mass is 10.0. The molecular formula is C21H32ClF2IN4O2. The summed E-state index contributed by atoms with van der Waals surface area (Å²) in [4.78, 5) is 7.09. The van der Waals surface area contributed by atoms with E-state index in [1.54, 1.807) is 6.07 Å². The number of aliphatic imine (C=N–C) groups is 1. The number of benzene rings is 1. The Morgan fingerprint density at radius 2 is 2.10 bits per heavy atom. The summed E-state index contributed by atoms with van der Waals surface area (Å²) in [6.45, 7) is 5.00. The van der Waals surface area contributed by atoms with Gasteiger partial charge in [-0.1, -0.05) is 11.6 Å². The van der Waals surface area contributed by atoms with E-state index in [-0.39, 0.29) is 36.3 Å². The Kier molecular flexibility index (Phi) is 11.6. The summed E-state index contributed by atoms with van der Waals surface area (Å²) in [7, 11) is 0. The molecule has 0 spiro atoms. The second-order valence-electron chi connectivity index (χ2n) is 7.77. The fourth-order valence-electron chi connectivity index (χ4n) is 3.91. The Morgan fingerprint density at radius 1 is 1.32 bits per heavy atom. The summed E-state index contributed by atoms with van der Waals surface area (Å²) < 4.78 is 35.4. The van der Waals surface area contributed by atoms with Gasteiger partial charge in [-0.15, -0.1) is 24.0 Å². The van der Waals surface area contributed by atoms with Crippen molar-refractivity contribution in [1.29, 1.82) is 0 Å². The van der Waals surface area contributed by atoms with E-state index in [1.165, 1.54) is 12.1 Å². The van der Waals surface area contributed by atoms with Gasteiger partial charge in [0.2, 0.25) is 0 Å². The van der Waals surface area contributed by atoms with Crippen LogP contribution in [0.25, 0.3) is 0 Å². The van der Waals surface area contributed by atoms with E-state index in [4.69, 9.17) is 16.3 Å². The van der Waals surface area contributed by atoms with Crippen molar-refractivity contribution in [3.63, 3.8) is 0 Å². The van der Waals surface area contributed by atoms with Gasteiger partial charge in [-0.2, -0.15) is 8.78 Å². The number of likely N-dealkylation sites (tertiary alicyclic amines) is 1. The molecular weight excluding hydrogens is 541 g/mol. The number of piperidine rings is 1. The molecule has 2 aliphatic rings. The number of hydrogen-bond acceptors (Lipinski definition) is 4. The van der Waals surface area contributed by atoms with Crippen LogP contribution in [-0.2, 0) is 11.3 Å². The molecule has 3 rings (SSSR count). The summed E-state index contributed by atoms with van der Waals surface area (Å²) in [5.41, 5.74) is 0.522. The Balaban J connectivity index is 0.00000341. The molecule has 176 valence electrons. The first kappa shape index (κ1) is 26.3. The van der Waals surface area contributed by atoms with Crippen LogP contribution in [0.5, 0.6) is 5.75 Å². The van der Waals surface area contributed by atoms with Crippen LogP contribution in [0.3, 0.4) is 0 Å². The van der Waals surface area contributed by atoms with Crippen LogP contribution < -0.4 is 15.4 Å². The van der Waals surface area contributed by atoms with Gasteiger partial charge in [0.25, 0.3) is 0 Å². The van der Waals surface area contributed by atoms with Gasteiger partial charge < -0.3 is 25.0 Å². The lowest BCUT2D eigenvalue weighted by Crippen LogP contribution is -2.49. The normalized spacial score (nSPS) is 20.5. The zero-order chi connectivity index (χ0) is 21.3. The summed E-state index contributed by atoms with van der Waals surface area (Å²) in [6, 6.07) is 4.92. The third-order valence-corrected chi connectivity index (χ3v) is 5.69. The highest BCUT2D eigenvalue weighted by Crippen LogP contribution is 2.25. The summed E-state index contributed by atoms with van der Waals surface area (Å²) in [5, 5.41) is 7.17. The molecule has 1 aromatic rings. The van der Waals surface area contributed by atoms with E-state index in [1.807, 2.05) is 6.92 Å². The van der Waals surface area contributed by atoms with Crippen LogP contribution >= 0.6 is 35.6 Å². The average molecular weight is 573 g/mol. The number of hydrogen-bond donors (Lipinski definition) is 2. The molecule has 0 amide bonds. The standard InChI is InChI=1S/C21H31ClF2N4O2.HI/c1-2-25-21(26-12-16-11-17(22)3-4-19(16)30-20(23)24)27-18-5-8-28(9-6-18)13-15-7-10-29-14-15;/h3-4,11,15,18,20H,2,5-10,12-14H2,1H3,(H2,25,26,27);1H. The minimum Gasteiger partial charge on any atom is -0.434 e. The first-order valence-electron chi connectivity index (χ1n) is 10.6. The van der Waals surface area contributed by atoms with Crippen LogP contribution in [-0.4, -0.2) is 62.9 Å². The third kappa shape index (κ3) is 8.86. The Hall–Kier alpha value is -0.910. The maximum Gasteiger partial charge on any atom is 0.387 e. The van der Waals surface area contributed by atoms with E-state index in [0.717, 1.165) is 52.1 Å². The van der Waals surface area contributed by atoms with Crippen molar-refractivity contribution in [3.05, 3.63) is 28.8 Å². The van der Waals surface area contributed by atoms with Crippen molar-refractivity contribution in [1.82, 2.24) is 15.5 Å². The SMILES string of the molecule is CCNC(=NCc1cc(Cl)ccc1OC(F)F)NC1CCN(CC2CCOC2)CC1.I. The molecule has 6 nitrogen and oxygen atoms in total. The zero-order valence-corrected chi connectivity index (χ0v) is 20.9. The van der Waals surface area contributed by atoms with Crippen LogP contribution in [0.1, 0.15) is 31.7 Å². The Bertz CT molecular complexity index is 700. The maximum atomic E-state index is 12.7. The first-order valence-corrected chi connectivity index (χ1v) is 11.0. The molecule has 0 bridgehead atoms. The van der Waals surface area contributed by atoms with Gasteiger partial charge in [-0.25, -0.2) is 4.99 Å². The molecule has 2 aliphatic heterocycles. The molecule has 2 N–H and O–H groups in total. The Morgan fingerprint density at radius 3 is 2.74 bits per heavy atom. The number of alkyl halides is 2. The molecule has 1 unspecified atom stereocenters. The van der Waals surface area contributed by atoms with Crippen LogP contribution in [0, 0.1) is 5.92 Å². The van der Waals surface area contributed by atoms with E-state index in [2.05, 4.69) is 25.3 Å². The molecule has 0 saturated carbocycles. The molecule has 2 fully saturated rings. The van der Waals surface area contributed by atoms with Crippen LogP contribution in [0.2, 0.25) is 5.02 Å². The van der Waals surface area contributed by atoms with Gasteiger partial charge in [0.05, 0.1) is 13.2 Å². The lowest BCUT2D eigenvalue weighted by molar-refractivity contribution is -0.0504. The van der Waals surface area contributed by atoms with Gasteiger partial charge in [0, 0.05) is 49.4 Å². The van der Waals surface area contributed by atoms with Crippen molar-refractivity contribution < 1.29 is 18.3 Å². The molecule has 2 saturated heterocycles. The van der Waals surface area contributed by atoms with Gasteiger partial charge in [0.15, 0.2) is 5.96 Å². The summed E-state index contributed by atoms with van der Waals surface area (Å²) in [5.74, 6) is 1.43. The van der Waals surface area contributed by atoms with Gasteiger partial charge in [-0.05, 0) is 50.3 Å². The van der Waals surface area contributed by atoms with Gasteiger partial charge >= 0.3 is 6.61 Å². The predicted molar refractivity (Wildman–Crippen MR) is 130 cm³/mol. The maximum absolute atomic E-state index is 12.7. The number of nitrogens with one attached hydrogen (secondary N) is 2. The second kappa shape index (κ2) is 13.6. The monoisotopic (exact) mass is 572 g/mol. The predicted octanol–water partition coefficient (Wildman–Crippen LogP) is 4.12. The molecule has 1 aromatic carbocycles. The van der Waals surface area contributed by atoms with E-state index in [0.29, 0.717) is 35.1 Å². The van der Waals surface area contributed by atoms with E-state index in [9.17, 15) is 8.78 Å². The lowest BCUT2D eigenvalue weighted by Gasteiger charge is -2.34. The zero-order valence-electron chi connectivity index (χ0n) is 17.8. The van der Waals surface area contributed by atoms with Crippen LogP contribution in [0.15, 0.2) is 23.2 Å². The average Bonchev–Trinajstić information content (AvgIpc) is 3.22. The third-order valence-electron chi connectivity index (χ3n) is 5.46.